The van der Waals surface area contributed by atoms with Crippen molar-refractivity contribution >= 4 is 33.9 Å². The summed E-state index contributed by atoms with van der Waals surface area (Å²) < 4.78 is 9.83. The molecule has 0 unspecified atom stereocenters. The highest BCUT2D eigenvalue weighted by Gasteiger charge is 2.20. The Hall–Kier alpha value is -2.49. The fraction of sp³-hybridized carbons (Fsp3) is 0.381. The summed E-state index contributed by atoms with van der Waals surface area (Å²) in [5.41, 5.74) is 1.15. The molecule has 3 heterocycles. The zero-order valence-corrected chi connectivity index (χ0v) is 18.5. The van der Waals surface area contributed by atoms with E-state index in [1.807, 2.05) is 35.7 Å². The topological polar surface area (TPSA) is 70.6 Å². The molecule has 1 saturated heterocycles. The van der Waals surface area contributed by atoms with Gasteiger partial charge in [0.25, 0.3) is 5.91 Å². The van der Waals surface area contributed by atoms with E-state index in [1.165, 1.54) is 22.9 Å². The van der Waals surface area contributed by atoms with Gasteiger partial charge in [0.15, 0.2) is 0 Å². The second kappa shape index (κ2) is 10.0. The fourth-order valence-electron chi connectivity index (χ4n) is 3.40. The molecular formula is C21H25N5O2S2. The number of thiophene rings is 1. The van der Waals surface area contributed by atoms with Gasteiger partial charge in [-0.2, -0.15) is 4.37 Å². The maximum atomic E-state index is 12.0. The Kier molecular flexibility index (Phi) is 6.93. The Morgan fingerprint density at radius 3 is 2.83 bits per heavy atom. The summed E-state index contributed by atoms with van der Waals surface area (Å²) in [6.45, 7) is 5.29. The molecule has 7 nitrogen and oxygen atoms in total. The van der Waals surface area contributed by atoms with E-state index in [4.69, 9.17) is 9.72 Å². The lowest BCUT2D eigenvalue weighted by Gasteiger charge is -2.34. The highest BCUT2D eigenvalue weighted by molar-refractivity contribution is 7.12. The zero-order valence-electron chi connectivity index (χ0n) is 16.9. The van der Waals surface area contributed by atoms with Crippen LogP contribution in [0, 0.1) is 0 Å². The molecule has 0 bridgehead atoms. The van der Waals surface area contributed by atoms with Crippen LogP contribution in [0.3, 0.4) is 0 Å². The molecule has 0 atom stereocenters. The van der Waals surface area contributed by atoms with E-state index in [9.17, 15) is 4.79 Å². The van der Waals surface area contributed by atoms with E-state index in [1.54, 1.807) is 7.11 Å². The monoisotopic (exact) mass is 443 g/mol. The Labute approximate surface area is 184 Å². The third-order valence-corrected chi connectivity index (χ3v) is 6.74. The normalized spacial score (nSPS) is 14.6. The predicted octanol–water partition coefficient (Wildman–Crippen LogP) is 2.75. The summed E-state index contributed by atoms with van der Waals surface area (Å²) in [7, 11) is 1.68. The van der Waals surface area contributed by atoms with Gasteiger partial charge in [0.05, 0.1) is 12.0 Å². The second-order valence-corrected chi connectivity index (χ2v) is 8.76. The molecule has 158 valence electrons. The third kappa shape index (κ3) is 5.35. The van der Waals surface area contributed by atoms with Crippen LogP contribution in [-0.4, -0.2) is 66.5 Å². The number of amides is 1. The van der Waals surface area contributed by atoms with Gasteiger partial charge in [-0.3, -0.25) is 9.69 Å². The molecule has 2 aromatic heterocycles. The molecule has 0 radical (unpaired) electrons. The molecule has 1 aliphatic heterocycles. The van der Waals surface area contributed by atoms with E-state index < -0.39 is 0 Å². The SMILES string of the molecule is COc1cccc(Cc2nsc(N3CCN(CCNC(=O)c4cccs4)CC3)n2)c1. The van der Waals surface area contributed by atoms with Crippen LogP contribution in [0.2, 0.25) is 0 Å². The maximum Gasteiger partial charge on any atom is 0.261 e. The molecule has 1 aromatic carbocycles. The van der Waals surface area contributed by atoms with Gasteiger partial charge in [0.2, 0.25) is 5.13 Å². The highest BCUT2D eigenvalue weighted by atomic mass is 32.1. The van der Waals surface area contributed by atoms with E-state index in [0.717, 1.165) is 59.9 Å². The first-order valence-electron chi connectivity index (χ1n) is 9.96. The Morgan fingerprint density at radius 1 is 1.20 bits per heavy atom. The molecule has 30 heavy (non-hydrogen) atoms. The van der Waals surface area contributed by atoms with Crippen LogP contribution in [0.1, 0.15) is 21.1 Å². The van der Waals surface area contributed by atoms with Crippen LogP contribution >= 0.6 is 22.9 Å². The molecule has 9 heteroatoms. The van der Waals surface area contributed by atoms with Crippen molar-refractivity contribution in [3.8, 4) is 5.75 Å². The number of carbonyl (C=O) groups excluding carboxylic acids is 1. The van der Waals surface area contributed by atoms with Gasteiger partial charge in [0.1, 0.15) is 11.6 Å². The molecule has 1 N–H and O–H groups in total. The molecular weight excluding hydrogens is 418 g/mol. The van der Waals surface area contributed by atoms with Gasteiger partial charge < -0.3 is 15.0 Å². The lowest BCUT2D eigenvalue weighted by molar-refractivity contribution is 0.0952. The van der Waals surface area contributed by atoms with Gasteiger partial charge >= 0.3 is 0 Å². The first-order chi connectivity index (χ1) is 14.7. The zero-order chi connectivity index (χ0) is 20.8. The van der Waals surface area contributed by atoms with Crippen LogP contribution in [0.5, 0.6) is 5.75 Å². The fourth-order valence-corrected chi connectivity index (χ4v) is 4.77. The number of carbonyl (C=O) groups is 1. The molecule has 0 aliphatic carbocycles. The number of methoxy groups -OCH3 is 1. The van der Waals surface area contributed by atoms with Crippen LogP contribution in [0.15, 0.2) is 41.8 Å². The summed E-state index contributed by atoms with van der Waals surface area (Å²) in [4.78, 5) is 22.2. The number of anilines is 1. The number of rotatable bonds is 8. The van der Waals surface area contributed by atoms with Crippen molar-refractivity contribution in [1.82, 2.24) is 19.6 Å². The summed E-state index contributed by atoms with van der Waals surface area (Å²) in [6, 6.07) is 11.8. The number of ether oxygens (including phenoxy) is 1. The lowest BCUT2D eigenvalue weighted by atomic mass is 10.1. The second-order valence-electron chi connectivity index (χ2n) is 7.08. The minimum Gasteiger partial charge on any atom is -0.497 e. The number of nitrogens with zero attached hydrogens (tertiary/aromatic N) is 4. The number of piperazine rings is 1. The van der Waals surface area contributed by atoms with Gasteiger partial charge in [-0.25, -0.2) is 4.98 Å². The quantitative estimate of drug-likeness (QED) is 0.577. The van der Waals surface area contributed by atoms with Crippen molar-refractivity contribution in [3.05, 3.63) is 58.0 Å². The molecule has 1 aliphatic rings. The molecule has 4 rings (SSSR count). The highest BCUT2D eigenvalue weighted by Crippen LogP contribution is 2.21. The summed E-state index contributed by atoms with van der Waals surface area (Å²) in [5, 5.41) is 5.90. The number of benzene rings is 1. The first-order valence-corrected chi connectivity index (χ1v) is 11.6. The van der Waals surface area contributed by atoms with Gasteiger partial charge in [-0.1, -0.05) is 18.2 Å². The van der Waals surface area contributed by atoms with Crippen molar-refractivity contribution in [1.29, 1.82) is 0 Å². The molecule has 3 aromatic rings. The number of hydrogen-bond donors (Lipinski definition) is 1. The number of hydrogen-bond acceptors (Lipinski definition) is 8. The minimum atomic E-state index is 0.0149. The molecule has 1 amide bonds. The van der Waals surface area contributed by atoms with Crippen LogP contribution in [-0.2, 0) is 6.42 Å². The van der Waals surface area contributed by atoms with E-state index >= 15 is 0 Å². The van der Waals surface area contributed by atoms with Crippen molar-refractivity contribution < 1.29 is 9.53 Å². The largest absolute Gasteiger partial charge is 0.497 e. The third-order valence-electron chi connectivity index (χ3n) is 5.06. The summed E-state index contributed by atoms with van der Waals surface area (Å²) >= 11 is 2.93. The number of nitrogens with one attached hydrogen (secondary N) is 1. The van der Waals surface area contributed by atoms with Crippen molar-refractivity contribution in [3.63, 3.8) is 0 Å². The van der Waals surface area contributed by atoms with Crippen molar-refractivity contribution in [2.45, 2.75) is 6.42 Å². The van der Waals surface area contributed by atoms with E-state index in [0.29, 0.717) is 13.0 Å². The number of aromatic nitrogens is 2. The average molecular weight is 444 g/mol. The Bertz CT molecular complexity index is 952. The van der Waals surface area contributed by atoms with Crippen molar-refractivity contribution in [2.75, 3.05) is 51.3 Å². The van der Waals surface area contributed by atoms with Gasteiger partial charge in [-0.15, -0.1) is 11.3 Å². The van der Waals surface area contributed by atoms with Crippen molar-refractivity contribution in [2.24, 2.45) is 0 Å². The summed E-state index contributed by atoms with van der Waals surface area (Å²) in [6.07, 6.45) is 0.706. The predicted molar refractivity (Wildman–Crippen MR) is 121 cm³/mol. The Morgan fingerprint density at radius 2 is 2.07 bits per heavy atom. The van der Waals surface area contributed by atoms with Gasteiger partial charge in [-0.05, 0) is 29.1 Å². The molecule has 1 fully saturated rings. The Balaban J connectivity index is 1.22. The van der Waals surface area contributed by atoms with E-state index in [-0.39, 0.29) is 5.91 Å². The first kappa shape index (κ1) is 20.8. The summed E-state index contributed by atoms with van der Waals surface area (Å²) in [5.74, 6) is 1.72. The van der Waals surface area contributed by atoms with Crippen LogP contribution < -0.4 is 15.0 Å². The molecule has 0 spiro atoms. The van der Waals surface area contributed by atoms with E-state index in [2.05, 4.69) is 25.6 Å². The maximum absolute atomic E-state index is 12.0. The van der Waals surface area contributed by atoms with Gasteiger partial charge in [0, 0.05) is 57.2 Å². The minimum absolute atomic E-state index is 0.0149. The standard InChI is InChI=1S/C21H25N5O2S2/c1-28-17-5-2-4-16(14-17)15-19-23-21(30-24-19)26-11-9-25(10-12-26)8-7-22-20(27)18-6-3-13-29-18/h2-6,13-14H,7-12,15H2,1H3,(H,22,27). The van der Waals surface area contributed by atoms with Crippen LogP contribution in [0.4, 0.5) is 5.13 Å². The lowest BCUT2D eigenvalue weighted by Crippen LogP contribution is -2.48. The average Bonchev–Trinajstić information content (AvgIpc) is 3.47. The molecule has 0 saturated carbocycles. The smallest absolute Gasteiger partial charge is 0.261 e. The van der Waals surface area contributed by atoms with Crippen LogP contribution in [0.25, 0.3) is 0 Å².